The lowest BCUT2D eigenvalue weighted by Crippen LogP contribution is -2.52. The van der Waals surface area contributed by atoms with Crippen molar-refractivity contribution in [3.8, 4) is 0 Å². The Labute approximate surface area is 269 Å². The second-order valence-electron chi connectivity index (χ2n) is 14.1. The highest BCUT2D eigenvalue weighted by atomic mass is 35.5. The van der Waals surface area contributed by atoms with E-state index >= 15 is 4.39 Å². The number of nitrogens with one attached hydrogen (secondary N) is 2. The third-order valence-corrected chi connectivity index (χ3v) is 11.6. The summed E-state index contributed by atoms with van der Waals surface area (Å²) in [6, 6.07) is 8.33. The first kappa shape index (κ1) is 30.6. The number of hydrogen-bond donors (Lipinski definition) is 2. The van der Waals surface area contributed by atoms with Crippen molar-refractivity contribution in [2.24, 2.45) is 22.7 Å². The van der Waals surface area contributed by atoms with Crippen molar-refractivity contribution in [3.05, 3.63) is 73.9 Å². The summed E-state index contributed by atoms with van der Waals surface area (Å²) in [7, 11) is 0. The van der Waals surface area contributed by atoms with E-state index in [0.717, 1.165) is 12.8 Å². The maximum atomic E-state index is 16.2. The van der Waals surface area contributed by atoms with E-state index in [9.17, 15) is 14.4 Å². The van der Waals surface area contributed by atoms with Crippen LogP contribution in [0.2, 0.25) is 10.2 Å². The number of fused-ring (bicyclic) bond motifs is 3. The van der Waals surface area contributed by atoms with Gasteiger partial charge in [-0.15, -0.1) is 5.10 Å². The van der Waals surface area contributed by atoms with Crippen LogP contribution < -0.4 is 11.1 Å². The zero-order valence-electron chi connectivity index (χ0n) is 25.1. The van der Waals surface area contributed by atoms with E-state index < -0.39 is 40.3 Å². The number of pyridine rings is 1. The van der Waals surface area contributed by atoms with Crippen molar-refractivity contribution in [2.75, 3.05) is 11.9 Å². The quantitative estimate of drug-likeness (QED) is 0.286. The molecule has 0 radical (unpaired) electrons. The van der Waals surface area contributed by atoms with E-state index in [2.05, 4.69) is 34.3 Å². The largest absolute Gasteiger partial charge is 0.434 e. The van der Waals surface area contributed by atoms with Crippen LogP contribution >= 0.6 is 23.2 Å². The number of ketones is 1. The van der Waals surface area contributed by atoms with E-state index in [1.807, 2.05) is 6.07 Å². The number of anilines is 1. The van der Waals surface area contributed by atoms with Gasteiger partial charge in [-0.05, 0) is 79.4 Å². The van der Waals surface area contributed by atoms with Gasteiger partial charge in [0.25, 0.3) is 0 Å². The summed E-state index contributed by atoms with van der Waals surface area (Å²) in [5, 5.41) is 9.33. The van der Waals surface area contributed by atoms with Gasteiger partial charge in [0.1, 0.15) is 28.7 Å². The molecule has 0 bridgehead atoms. The SMILES string of the molecule is CC1(C)CCC2(CC1)C[C@@H](C(=O)C[C@@H]1CC[C@@H](c3n[nH]c(=O)o3)OC1)[C@H](c1cccc(Cl)c1F)[C@]21C(=O)Nc2nc(Cl)ccc21. The van der Waals surface area contributed by atoms with Gasteiger partial charge >= 0.3 is 5.76 Å². The summed E-state index contributed by atoms with van der Waals surface area (Å²) in [4.78, 5) is 45.0. The summed E-state index contributed by atoms with van der Waals surface area (Å²) in [6.07, 6.45) is 4.54. The van der Waals surface area contributed by atoms with Crippen molar-refractivity contribution < 1.29 is 23.1 Å². The first-order valence-electron chi connectivity index (χ1n) is 15.6. The van der Waals surface area contributed by atoms with E-state index in [1.54, 1.807) is 18.2 Å². The Morgan fingerprint density at radius 3 is 2.56 bits per heavy atom. The van der Waals surface area contributed by atoms with Gasteiger partial charge in [0.15, 0.2) is 0 Å². The Balaban J connectivity index is 1.30. The van der Waals surface area contributed by atoms with Gasteiger partial charge in [0.05, 0.1) is 17.0 Å². The number of halogens is 3. The van der Waals surface area contributed by atoms with E-state index in [4.69, 9.17) is 32.4 Å². The molecule has 2 aromatic heterocycles. The maximum absolute atomic E-state index is 16.2. The number of ether oxygens (including phenoxy) is 1. The second-order valence-corrected chi connectivity index (χ2v) is 14.8. The highest BCUT2D eigenvalue weighted by molar-refractivity contribution is 6.31. The number of aromatic nitrogens is 3. The average molecular weight is 658 g/mol. The van der Waals surface area contributed by atoms with Crippen LogP contribution in [0.4, 0.5) is 10.2 Å². The first-order valence-corrected chi connectivity index (χ1v) is 16.3. The molecule has 3 fully saturated rings. The Bertz CT molecular complexity index is 1720. The minimum Gasteiger partial charge on any atom is -0.390 e. The fourth-order valence-electron chi connectivity index (χ4n) is 8.83. The fraction of sp³-hybridized carbons (Fsp3) is 0.545. The minimum absolute atomic E-state index is 0.0259. The standard InChI is InChI=1S/C33H35Cl2FN4O5/c1-31(2)10-12-32(13-11-31)15-19(22(41)14-17-6-8-23(44-16-17)28-39-40-30(43)45-28)25(18-4-3-5-21(34)26(18)36)33(32)20-7-9-24(35)37-27(20)38-29(33)42/h3-5,7,9,17,19,23,25H,6,8,10-16H2,1-2H3,(H,40,43)(H,37,38,42)/t17-,19-,23-,25-,33+/m0/s1. The Hall–Kier alpha value is -3.08. The number of carbonyl (C=O) groups is 2. The van der Waals surface area contributed by atoms with Crippen molar-refractivity contribution in [1.29, 1.82) is 0 Å². The highest BCUT2D eigenvalue weighted by Crippen LogP contribution is 2.72. The van der Waals surface area contributed by atoms with Crippen LogP contribution in [0.25, 0.3) is 0 Å². The van der Waals surface area contributed by atoms with Crippen LogP contribution in [0, 0.1) is 28.5 Å². The maximum Gasteiger partial charge on any atom is 0.434 e. The first-order chi connectivity index (χ1) is 21.4. The van der Waals surface area contributed by atoms with Gasteiger partial charge in [0.2, 0.25) is 11.8 Å². The molecule has 1 aromatic carbocycles. The number of nitrogens with zero attached hydrogens (tertiary/aromatic N) is 2. The summed E-state index contributed by atoms with van der Waals surface area (Å²) in [6.45, 7) is 4.74. The lowest BCUT2D eigenvalue weighted by Gasteiger charge is -2.50. The Morgan fingerprint density at radius 1 is 1.09 bits per heavy atom. The molecular formula is C33H35Cl2FN4O5. The number of hydrogen-bond acceptors (Lipinski definition) is 7. The van der Waals surface area contributed by atoms with Crippen molar-refractivity contribution in [1.82, 2.24) is 15.2 Å². The van der Waals surface area contributed by atoms with Gasteiger partial charge in [-0.2, -0.15) is 0 Å². The van der Waals surface area contributed by atoms with Crippen LogP contribution in [-0.4, -0.2) is 33.5 Å². The number of rotatable bonds is 5. The number of aromatic amines is 1. The van der Waals surface area contributed by atoms with Crippen LogP contribution in [-0.2, 0) is 19.7 Å². The molecule has 1 amide bonds. The lowest BCUT2D eigenvalue weighted by atomic mass is 9.51. The molecule has 2 aliphatic heterocycles. The average Bonchev–Trinajstić information content (AvgIpc) is 3.65. The topological polar surface area (TPSA) is 127 Å². The summed E-state index contributed by atoms with van der Waals surface area (Å²) in [5.74, 6) is -2.52. The third kappa shape index (κ3) is 4.86. The molecule has 4 aliphatic rings. The highest BCUT2D eigenvalue weighted by Gasteiger charge is 2.72. The number of amides is 1. The summed E-state index contributed by atoms with van der Waals surface area (Å²) < 4.78 is 27.2. The van der Waals surface area contributed by atoms with Crippen molar-refractivity contribution in [2.45, 2.75) is 82.7 Å². The van der Waals surface area contributed by atoms with Gasteiger partial charge in [0, 0.05) is 23.8 Å². The van der Waals surface area contributed by atoms with Crippen molar-refractivity contribution in [3.63, 3.8) is 0 Å². The lowest BCUT2D eigenvalue weighted by molar-refractivity contribution is -0.127. The summed E-state index contributed by atoms with van der Waals surface area (Å²) in [5.41, 5.74) is -0.841. The van der Waals surface area contributed by atoms with E-state index in [0.29, 0.717) is 43.5 Å². The van der Waals surface area contributed by atoms with Crippen LogP contribution in [0.5, 0.6) is 0 Å². The molecule has 5 atom stereocenters. The molecule has 2 aliphatic carbocycles. The summed E-state index contributed by atoms with van der Waals surface area (Å²) >= 11 is 12.7. The van der Waals surface area contributed by atoms with Crippen LogP contribution in [0.15, 0.2) is 39.5 Å². The number of benzene rings is 1. The number of Topliss-reactive ketones (excluding diaryl/α,β-unsaturated/α-hetero) is 1. The molecule has 1 saturated heterocycles. The number of H-pyrrole nitrogens is 1. The number of carbonyl (C=O) groups excluding carboxylic acids is 2. The monoisotopic (exact) mass is 656 g/mol. The molecular weight excluding hydrogens is 622 g/mol. The Morgan fingerprint density at radius 2 is 1.87 bits per heavy atom. The molecule has 12 heteroatoms. The molecule has 0 unspecified atom stereocenters. The van der Waals surface area contributed by atoms with E-state index in [-0.39, 0.29) is 57.7 Å². The van der Waals surface area contributed by atoms with Gasteiger partial charge in [-0.1, -0.05) is 55.2 Å². The van der Waals surface area contributed by atoms with Gasteiger partial charge < -0.3 is 14.5 Å². The predicted molar refractivity (Wildman–Crippen MR) is 165 cm³/mol. The molecule has 7 rings (SSSR count). The third-order valence-electron chi connectivity index (χ3n) is 11.1. The normalized spacial score (nSPS) is 30.0. The van der Waals surface area contributed by atoms with Crippen molar-refractivity contribution >= 4 is 40.7 Å². The minimum atomic E-state index is -1.24. The van der Waals surface area contributed by atoms with Crippen LogP contribution in [0.1, 0.15) is 94.3 Å². The second kappa shape index (κ2) is 11.0. The van der Waals surface area contributed by atoms with Crippen LogP contribution in [0.3, 0.4) is 0 Å². The zero-order valence-corrected chi connectivity index (χ0v) is 26.6. The molecule has 2 spiro atoms. The molecule has 238 valence electrons. The molecule has 9 nitrogen and oxygen atoms in total. The molecule has 2 saturated carbocycles. The molecule has 45 heavy (non-hydrogen) atoms. The van der Waals surface area contributed by atoms with E-state index in [1.165, 1.54) is 6.07 Å². The smallest absolute Gasteiger partial charge is 0.390 e. The molecule has 3 aromatic rings. The molecule has 4 heterocycles. The van der Waals surface area contributed by atoms with Gasteiger partial charge in [-0.25, -0.2) is 19.3 Å². The zero-order chi connectivity index (χ0) is 31.7. The fourth-order valence-corrected chi connectivity index (χ4v) is 9.16. The van der Waals surface area contributed by atoms with Gasteiger partial charge in [-0.3, -0.25) is 9.59 Å². The Kier molecular flexibility index (Phi) is 7.49. The predicted octanol–water partition coefficient (Wildman–Crippen LogP) is 6.91. The molecule has 2 N–H and O–H groups in total.